The zero-order chi connectivity index (χ0) is 15.0. The van der Waals surface area contributed by atoms with E-state index in [-0.39, 0.29) is 18.4 Å². The zero-order valence-electron chi connectivity index (χ0n) is 13.3. The highest BCUT2D eigenvalue weighted by molar-refractivity contribution is 5.97. The van der Waals surface area contributed by atoms with Crippen LogP contribution in [0.25, 0.3) is 0 Å². The number of nitrogens with zero attached hydrogens (tertiary/aromatic N) is 1. The second-order valence-corrected chi connectivity index (χ2v) is 5.73. The standard InChI is InChI=1S/C16H30N2O2/c1-4-7-8-9-10-11-12-18-14(19)13-17-15(20)16(18,5-2)6-3/h4-13H2,1-3H3,(H,17,20). The largest absolute Gasteiger partial charge is 0.345 e. The lowest BCUT2D eigenvalue weighted by Gasteiger charge is -2.45. The van der Waals surface area contributed by atoms with Crippen LogP contribution in [0.2, 0.25) is 0 Å². The first-order chi connectivity index (χ1) is 9.62. The van der Waals surface area contributed by atoms with Crippen molar-refractivity contribution in [2.24, 2.45) is 0 Å². The summed E-state index contributed by atoms with van der Waals surface area (Å²) in [5, 5.41) is 2.74. The van der Waals surface area contributed by atoms with Crippen molar-refractivity contribution in [1.82, 2.24) is 10.2 Å². The molecule has 0 aliphatic carbocycles. The topological polar surface area (TPSA) is 49.4 Å². The fourth-order valence-corrected chi connectivity index (χ4v) is 3.12. The molecule has 1 fully saturated rings. The maximum absolute atomic E-state index is 12.2. The summed E-state index contributed by atoms with van der Waals surface area (Å²) in [5.74, 6) is 0.0925. The highest BCUT2D eigenvalue weighted by Gasteiger charge is 2.46. The average molecular weight is 282 g/mol. The van der Waals surface area contributed by atoms with Gasteiger partial charge in [-0.15, -0.1) is 0 Å². The van der Waals surface area contributed by atoms with Gasteiger partial charge in [0, 0.05) is 6.54 Å². The molecule has 1 aliphatic heterocycles. The number of hydrogen-bond acceptors (Lipinski definition) is 2. The summed E-state index contributed by atoms with van der Waals surface area (Å²) in [5.41, 5.74) is -0.612. The fourth-order valence-electron chi connectivity index (χ4n) is 3.12. The van der Waals surface area contributed by atoms with E-state index in [1.54, 1.807) is 0 Å². The Hall–Kier alpha value is -1.06. The van der Waals surface area contributed by atoms with Crippen LogP contribution in [0.15, 0.2) is 0 Å². The average Bonchev–Trinajstić information content (AvgIpc) is 2.46. The van der Waals surface area contributed by atoms with Crippen molar-refractivity contribution in [2.75, 3.05) is 13.1 Å². The molecule has 0 aromatic rings. The van der Waals surface area contributed by atoms with E-state index < -0.39 is 5.54 Å². The first-order valence-corrected chi connectivity index (χ1v) is 8.21. The Morgan fingerprint density at radius 2 is 1.60 bits per heavy atom. The van der Waals surface area contributed by atoms with Crippen LogP contribution in [-0.2, 0) is 9.59 Å². The summed E-state index contributed by atoms with van der Waals surface area (Å²) in [6, 6.07) is 0. The zero-order valence-corrected chi connectivity index (χ0v) is 13.3. The van der Waals surface area contributed by atoms with Crippen molar-refractivity contribution in [2.45, 2.75) is 77.7 Å². The highest BCUT2D eigenvalue weighted by atomic mass is 16.2. The molecule has 1 rings (SSSR count). The molecule has 20 heavy (non-hydrogen) atoms. The van der Waals surface area contributed by atoms with Crippen LogP contribution in [-0.4, -0.2) is 35.3 Å². The molecule has 4 nitrogen and oxygen atoms in total. The van der Waals surface area contributed by atoms with E-state index in [4.69, 9.17) is 0 Å². The Bertz CT molecular complexity index is 324. The third-order valence-electron chi connectivity index (χ3n) is 4.55. The monoisotopic (exact) mass is 282 g/mol. The minimum atomic E-state index is -0.612. The van der Waals surface area contributed by atoms with Crippen molar-refractivity contribution < 1.29 is 9.59 Å². The third kappa shape index (κ3) is 3.74. The van der Waals surface area contributed by atoms with Gasteiger partial charge < -0.3 is 10.2 Å². The predicted molar refractivity (Wildman–Crippen MR) is 81.4 cm³/mol. The van der Waals surface area contributed by atoms with Gasteiger partial charge in [0.15, 0.2) is 0 Å². The predicted octanol–water partition coefficient (Wildman–Crippen LogP) is 2.86. The fraction of sp³-hybridized carbons (Fsp3) is 0.875. The second-order valence-electron chi connectivity index (χ2n) is 5.73. The molecule has 1 heterocycles. The molecule has 0 saturated carbocycles. The number of nitrogens with one attached hydrogen (secondary N) is 1. The number of piperazine rings is 1. The molecule has 4 heteroatoms. The molecule has 1 N–H and O–H groups in total. The van der Waals surface area contributed by atoms with Crippen LogP contribution in [0.1, 0.15) is 72.1 Å². The summed E-state index contributed by atoms with van der Waals surface area (Å²) < 4.78 is 0. The maximum atomic E-state index is 12.2. The van der Waals surface area contributed by atoms with Crippen LogP contribution in [0.4, 0.5) is 0 Å². The summed E-state index contributed by atoms with van der Waals surface area (Å²) in [4.78, 5) is 26.2. The molecule has 0 spiro atoms. The van der Waals surface area contributed by atoms with Crippen molar-refractivity contribution >= 4 is 11.8 Å². The lowest BCUT2D eigenvalue weighted by Crippen LogP contribution is -2.66. The van der Waals surface area contributed by atoms with Gasteiger partial charge >= 0.3 is 0 Å². The van der Waals surface area contributed by atoms with Crippen LogP contribution in [0.3, 0.4) is 0 Å². The number of amides is 2. The minimum absolute atomic E-state index is 0.0214. The third-order valence-corrected chi connectivity index (χ3v) is 4.55. The van der Waals surface area contributed by atoms with Gasteiger partial charge in [0.2, 0.25) is 11.8 Å². The van der Waals surface area contributed by atoms with E-state index in [2.05, 4.69) is 12.2 Å². The molecular formula is C16H30N2O2. The van der Waals surface area contributed by atoms with Crippen LogP contribution in [0, 0.1) is 0 Å². The number of carbonyl (C=O) groups is 2. The Morgan fingerprint density at radius 1 is 1.00 bits per heavy atom. The normalized spacial score (nSPS) is 18.2. The molecule has 2 amide bonds. The molecule has 0 bridgehead atoms. The molecule has 116 valence electrons. The molecule has 0 atom stereocenters. The Kier molecular flexibility index (Phi) is 7.03. The van der Waals surface area contributed by atoms with E-state index in [0.717, 1.165) is 19.4 Å². The number of carbonyl (C=O) groups excluding carboxylic acids is 2. The molecule has 1 saturated heterocycles. The van der Waals surface area contributed by atoms with Gasteiger partial charge in [-0.05, 0) is 19.3 Å². The SMILES string of the molecule is CCCCCCCCN1C(=O)CNC(=O)C1(CC)CC. The van der Waals surface area contributed by atoms with Gasteiger partial charge in [-0.1, -0.05) is 52.9 Å². The number of rotatable bonds is 9. The van der Waals surface area contributed by atoms with Crippen molar-refractivity contribution in [3.05, 3.63) is 0 Å². The number of unbranched alkanes of at least 4 members (excludes halogenated alkanes) is 5. The lowest BCUT2D eigenvalue weighted by atomic mass is 9.87. The van der Waals surface area contributed by atoms with Crippen LogP contribution >= 0.6 is 0 Å². The Morgan fingerprint density at radius 3 is 2.20 bits per heavy atom. The molecule has 0 aromatic carbocycles. The van der Waals surface area contributed by atoms with Gasteiger partial charge in [0.05, 0.1) is 6.54 Å². The van der Waals surface area contributed by atoms with Gasteiger partial charge in [0.25, 0.3) is 0 Å². The summed E-state index contributed by atoms with van der Waals surface area (Å²) in [6.07, 6.45) is 8.58. The maximum Gasteiger partial charge on any atom is 0.246 e. The molecule has 1 aliphatic rings. The molecular weight excluding hydrogens is 252 g/mol. The van der Waals surface area contributed by atoms with Crippen molar-refractivity contribution in [3.8, 4) is 0 Å². The second kappa shape index (κ2) is 8.28. The Labute approximate surface area is 123 Å². The first kappa shape index (κ1) is 17.0. The van der Waals surface area contributed by atoms with E-state index in [0.29, 0.717) is 12.8 Å². The number of hydrogen-bond donors (Lipinski definition) is 1. The van der Waals surface area contributed by atoms with Crippen molar-refractivity contribution in [1.29, 1.82) is 0 Å². The van der Waals surface area contributed by atoms with Gasteiger partial charge in [-0.2, -0.15) is 0 Å². The minimum Gasteiger partial charge on any atom is -0.345 e. The van der Waals surface area contributed by atoms with Crippen molar-refractivity contribution in [3.63, 3.8) is 0 Å². The molecule has 0 aromatic heterocycles. The summed E-state index contributed by atoms with van der Waals surface area (Å²) >= 11 is 0. The first-order valence-electron chi connectivity index (χ1n) is 8.21. The summed E-state index contributed by atoms with van der Waals surface area (Å²) in [7, 11) is 0. The highest BCUT2D eigenvalue weighted by Crippen LogP contribution is 2.27. The van der Waals surface area contributed by atoms with E-state index in [9.17, 15) is 9.59 Å². The summed E-state index contributed by atoms with van der Waals surface area (Å²) in [6.45, 7) is 7.09. The molecule has 0 radical (unpaired) electrons. The molecule has 0 unspecified atom stereocenters. The lowest BCUT2D eigenvalue weighted by molar-refractivity contribution is -0.154. The van der Waals surface area contributed by atoms with Gasteiger partial charge in [-0.3, -0.25) is 9.59 Å². The van der Waals surface area contributed by atoms with E-state index in [1.807, 2.05) is 18.7 Å². The van der Waals surface area contributed by atoms with E-state index in [1.165, 1.54) is 25.7 Å². The Balaban J connectivity index is 2.54. The smallest absolute Gasteiger partial charge is 0.246 e. The van der Waals surface area contributed by atoms with Crippen LogP contribution < -0.4 is 5.32 Å². The van der Waals surface area contributed by atoms with Gasteiger partial charge in [0.1, 0.15) is 5.54 Å². The van der Waals surface area contributed by atoms with Gasteiger partial charge in [-0.25, -0.2) is 0 Å². The quantitative estimate of drug-likeness (QED) is 0.661. The van der Waals surface area contributed by atoms with E-state index >= 15 is 0 Å². The van der Waals surface area contributed by atoms with Crippen LogP contribution in [0.5, 0.6) is 0 Å².